The Balaban J connectivity index is 1.48. The van der Waals surface area contributed by atoms with Gasteiger partial charge in [-0.1, -0.05) is 29.3 Å². The monoisotopic (exact) mass is 477 g/mol. The number of H-pyrrole nitrogens is 1. The van der Waals surface area contributed by atoms with E-state index in [0.29, 0.717) is 36.3 Å². The Labute approximate surface area is 193 Å². The molecule has 11 heteroatoms. The molecule has 32 heavy (non-hydrogen) atoms. The van der Waals surface area contributed by atoms with Crippen LogP contribution in [-0.4, -0.2) is 74.0 Å². The molecule has 2 N–H and O–H groups in total. The van der Waals surface area contributed by atoms with Gasteiger partial charge in [-0.3, -0.25) is 9.89 Å². The summed E-state index contributed by atoms with van der Waals surface area (Å²) in [7, 11) is 0. The Hall–Kier alpha value is -2.75. The molecule has 2 amide bonds. The van der Waals surface area contributed by atoms with Crippen molar-refractivity contribution in [3.8, 4) is 11.1 Å². The molecule has 0 aliphatic carbocycles. The van der Waals surface area contributed by atoms with Crippen molar-refractivity contribution in [3.63, 3.8) is 0 Å². The van der Waals surface area contributed by atoms with Crippen LogP contribution >= 0.6 is 23.2 Å². The number of fused-ring (bicyclic) bond motifs is 3. The number of nitrogens with zero attached hydrogens (tertiary/aromatic N) is 4. The van der Waals surface area contributed by atoms with Crippen molar-refractivity contribution >= 4 is 46.1 Å². The molecular weight excluding hydrogens is 457 g/mol. The maximum atomic E-state index is 13.2. The molecule has 0 saturated carbocycles. The average Bonchev–Trinajstić information content (AvgIpc) is 3.42. The smallest absolute Gasteiger partial charge is 0.407 e. The number of morpholine rings is 1. The van der Waals surface area contributed by atoms with Crippen LogP contribution in [-0.2, 0) is 22.6 Å². The predicted molar refractivity (Wildman–Crippen MR) is 119 cm³/mol. The van der Waals surface area contributed by atoms with E-state index in [9.17, 15) is 14.7 Å². The summed E-state index contributed by atoms with van der Waals surface area (Å²) in [5.74, 6) is -0.106. The Bertz CT molecular complexity index is 1190. The van der Waals surface area contributed by atoms with E-state index < -0.39 is 12.1 Å². The number of amides is 2. The number of aromatic nitrogens is 3. The number of carbonyl (C=O) groups is 2. The fraction of sp³-hybridized carbons (Fsp3) is 0.381. The van der Waals surface area contributed by atoms with Gasteiger partial charge >= 0.3 is 6.09 Å². The fourth-order valence-corrected chi connectivity index (χ4v) is 5.07. The first-order chi connectivity index (χ1) is 15.5. The quantitative estimate of drug-likeness (QED) is 0.600. The summed E-state index contributed by atoms with van der Waals surface area (Å²) in [6.45, 7) is 2.26. The van der Waals surface area contributed by atoms with Gasteiger partial charge < -0.3 is 24.2 Å². The Morgan fingerprint density at radius 2 is 2.09 bits per heavy atom. The second kappa shape index (κ2) is 8.31. The molecule has 1 fully saturated rings. The van der Waals surface area contributed by atoms with E-state index in [0.717, 1.165) is 27.7 Å². The van der Waals surface area contributed by atoms with Crippen molar-refractivity contribution in [3.05, 3.63) is 40.3 Å². The van der Waals surface area contributed by atoms with Crippen molar-refractivity contribution in [1.82, 2.24) is 24.6 Å². The summed E-state index contributed by atoms with van der Waals surface area (Å²) >= 11 is 12.9. The third-order valence-electron chi connectivity index (χ3n) is 6.18. The molecule has 1 aromatic carbocycles. The summed E-state index contributed by atoms with van der Waals surface area (Å²) in [5, 5.41) is 18.3. The number of carbonyl (C=O) groups excluding carboxylic acids is 1. The van der Waals surface area contributed by atoms with Crippen LogP contribution in [0.4, 0.5) is 4.79 Å². The number of carboxylic acid groups (broad SMARTS) is 1. The van der Waals surface area contributed by atoms with E-state index in [2.05, 4.69) is 14.8 Å². The minimum Gasteiger partial charge on any atom is -0.465 e. The van der Waals surface area contributed by atoms with Gasteiger partial charge in [0.05, 0.1) is 47.6 Å². The molecule has 1 atom stereocenters. The zero-order chi connectivity index (χ0) is 22.4. The van der Waals surface area contributed by atoms with Gasteiger partial charge in [0.15, 0.2) is 0 Å². The molecule has 2 aliphatic rings. The SMILES string of the molecule is O=C(CC1COCCN1C(=O)O)N1CCn2c(c(-c3cn[nH]c3)c3ccc(Cl)c(Cl)c32)C1. The van der Waals surface area contributed by atoms with Crippen LogP contribution in [0.1, 0.15) is 12.1 Å². The van der Waals surface area contributed by atoms with Crippen molar-refractivity contribution in [2.24, 2.45) is 0 Å². The van der Waals surface area contributed by atoms with Gasteiger partial charge in [0.2, 0.25) is 5.91 Å². The highest BCUT2D eigenvalue weighted by Crippen LogP contribution is 2.42. The standard InChI is InChI=1S/C21H21Cl2N5O4/c22-15-2-1-14-18(12-8-24-25-9-12)16-10-26(3-4-28(16)20(14)19(15)23)17(29)7-13-11-32-6-5-27(13)21(30)31/h1-2,8-9,13H,3-7,10-11H2,(H,24,25)(H,30,31). The molecular formula is C21H21Cl2N5O4. The van der Waals surface area contributed by atoms with Crippen LogP contribution in [0.2, 0.25) is 10.0 Å². The minimum atomic E-state index is -1.03. The second-order valence-electron chi connectivity index (χ2n) is 7.94. The number of benzene rings is 1. The molecule has 9 nitrogen and oxygen atoms in total. The van der Waals surface area contributed by atoms with Crippen molar-refractivity contribution in [2.45, 2.75) is 25.6 Å². The molecule has 0 spiro atoms. The van der Waals surface area contributed by atoms with E-state index in [1.807, 2.05) is 12.3 Å². The number of hydrogen-bond donors (Lipinski definition) is 2. The lowest BCUT2D eigenvalue weighted by Crippen LogP contribution is -2.51. The normalized spacial score (nSPS) is 18.8. The van der Waals surface area contributed by atoms with Crippen LogP contribution in [0.15, 0.2) is 24.5 Å². The molecule has 3 aromatic rings. The number of ether oxygens (including phenoxy) is 1. The molecule has 2 aromatic heterocycles. The predicted octanol–water partition coefficient (Wildman–Crippen LogP) is 3.45. The highest BCUT2D eigenvalue weighted by molar-refractivity contribution is 6.45. The Kier molecular flexibility index (Phi) is 5.48. The van der Waals surface area contributed by atoms with Crippen LogP contribution in [0.25, 0.3) is 22.0 Å². The van der Waals surface area contributed by atoms with E-state index in [-0.39, 0.29) is 25.5 Å². The molecule has 168 valence electrons. The molecule has 0 bridgehead atoms. The first-order valence-electron chi connectivity index (χ1n) is 10.3. The fourth-order valence-electron chi connectivity index (χ4n) is 4.65. The first-order valence-corrected chi connectivity index (χ1v) is 11.0. The van der Waals surface area contributed by atoms with Crippen molar-refractivity contribution < 1.29 is 19.4 Å². The first kappa shape index (κ1) is 21.1. The molecule has 1 unspecified atom stereocenters. The Morgan fingerprint density at radius 3 is 2.84 bits per heavy atom. The lowest BCUT2D eigenvalue weighted by Gasteiger charge is -2.35. The number of hydrogen-bond acceptors (Lipinski definition) is 4. The second-order valence-corrected chi connectivity index (χ2v) is 8.73. The zero-order valence-electron chi connectivity index (χ0n) is 17.1. The summed E-state index contributed by atoms with van der Waals surface area (Å²) < 4.78 is 7.54. The number of nitrogens with one attached hydrogen (secondary N) is 1. The van der Waals surface area contributed by atoms with E-state index in [4.69, 9.17) is 27.9 Å². The lowest BCUT2D eigenvalue weighted by atomic mass is 10.0. The maximum absolute atomic E-state index is 13.2. The van der Waals surface area contributed by atoms with Crippen molar-refractivity contribution in [1.29, 1.82) is 0 Å². The van der Waals surface area contributed by atoms with Gasteiger partial charge in [-0.25, -0.2) is 4.79 Å². The molecule has 0 radical (unpaired) electrons. The summed E-state index contributed by atoms with van der Waals surface area (Å²) in [4.78, 5) is 27.7. The topological polar surface area (TPSA) is 104 Å². The molecule has 1 saturated heterocycles. The van der Waals surface area contributed by atoms with Crippen LogP contribution in [0, 0.1) is 0 Å². The number of halogens is 2. The van der Waals surface area contributed by atoms with Crippen molar-refractivity contribution in [2.75, 3.05) is 26.3 Å². The van der Waals surface area contributed by atoms with E-state index in [1.165, 1.54) is 4.90 Å². The van der Waals surface area contributed by atoms with E-state index >= 15 is 0 Å². The summed E-state index contributed by atoms with van der Waals surface area (Å²) in [6.07, 6.45) is 2.60. The maximum Gasteiger partial charge on any atom is 0.407 e. The lowest BCUT2D eigenvalue weighted by molar-refractivity contribution is -0.135. The van der Waals surface area contributed by atoms with Gasteiger partial charge in [0.1, 0.15) is 0 Å². The Morgan fingerprint density at radius 1 is 1.25 bits per heavy atom. The summed E-state index contributed by atoms with van der Waals surface area (Å²) in [6, 6.07) is 3.23. The van der Waals surface area contributed by atoms with Crippen LogP contribution < -0.4 is 0 Å². The van der Waals surface area contributed by atoms with Crippen LogP contribution in [0.3, 0.4) is 0 Å². The third-order valence-corrected chi connectivity index (χ3v) is 6.97. The van der Waals surface area contributed by atoms with Gasteiger partial charge in [-0.2, -0.15) is 5.10 Å². The zero-order valence-corrected chi connectivity index (χ0v) is 18.6. The van der Waals surface area contributed by atoms with Gasteiger partial charge in [0, 0.05) is 54.5 Å². The van der Waals surface area contributed by atoms with Gasteiger partial charge in [0.25, 0.3) is 0 Å². The summed E-state index contributed by atoms with van der Waals surface area (Å²) in [5.41, 5.74) is 3.64. The minimum absolute atomic E-state index is 0.0835. The molecule has 4 heterocycles. The average molecular weight is 478 g/mol. The van der Waals surface area contributed by atoms with Gasteiger partial charge in [-0.15, -0.1) is 0 Å². The van der Waals surface area contributed by atoms with Crippen LogP contribution in [0.5, 0.6) is 0 Å². The molecule has 2 aliphatic heterocycles. The number of aromatic amines is 1. The van der Waals surface area contributed by atoms with E-state index in [1.54, 1.807) is 17.2 Å². The third kappa shape index (κ3) is 3.50. The highest BCUT2D eigenvalue weighted by Gasteiger charge is 2.33. The van der Waals surface area contributed by atoms with Gasteiger partial charge in [-0.05, 0) is 6.07 Å². The largest absolute Gasteiger partial charge is 0.465 e. The number of rotatable bonds is 3. The molecule has 5 rings (SSSR count). The highest BCUT2D eigenvalue weighted by atomic mass is 35.5.